The first-order chi connectivity index (χ1) is 7.79. The zero-order valence-corrected chi connectivity index (χ0v) is 9.35. The second-order valence-corrected chi connectivity index (χ2v) is 4.09. The van der Waals surface area contributed by atoms with Crippen LogP contribution in [0.1, 0.15) is 18.5 Å². The zero-order valence-electron chi connectivity index (χ0n) is 9.35. The van der Waals surface area contributed by atoms with E-state index >= 15 is 0 Å². The summed E-state index contributed by atoms with van der Waals surface area (Å²) in [6.45, 7) is 2.17. The molecule has 0 aromatic carbocycles. The molecule has 84 valence electrons. The van der Waals surface area contributed by atoms with Crippen molar-refractivity contribution in [1.82, 2.24) is 14.9 Å². The number of aromatic nitrogens is 2. The maximum absolute atomic E-state index is 8.89. The molecule has 2 rings (SSSR count). The van der Waals surface area contributed by atoms with Gasteiger partial charge >= 0.3 is 0 Å². The van der Waals surface area contributed by atoms with Gasteiger partial charge in [0, 0.05) is 18.4 Å². The van der Waals surface area contributed by atoms with Gasteiger partial charge in [-0.15, -0.1) is 0 Å². The SMILES string of the molecule is CN1CCC(Nc2nccnc2C#N)CC1. The topological polar surface area (TPSA) is 64.8 Å². The van der Waals surface area contributed by atoms with Gasteiger partial charge in [0.15, 0.2) is 11.5 Å². The summed E-state index contributed by atoms with van der Waals surface area (Å²) >= 11 is 0. The van der Waals surface area contributed by atoms with E-state index < -0.39 is 0 Å². The predicted molar refractivity (Wildman–Crippen MR) is 60.9 cm³/mol. The van der Waals surface area contributed by atoms with Crippen molar-refractivity contribution in [2.75, 3.05) is 25.5 Å². The summed E-state index contributed by atoms with van der Waals surface area (Å²) < 4.78 is 0. The van der Waals surface area contributed by atoms with Crippen LogP contribution in [0.2, 0.25) is 0 Å². The van der Waals surface area contributed by atoms with Crippen LogP contribution in [0.3, 0.4) is 0 Å². The van der Waals surface area contributed by atoms with Crippen LogP contribution in [0.4, 0.5) is 5.82 Å². The molecule has 2 heterocycles. The Hall–Kier alpha value is -1.67. The molecule has 0 amide bonds. The molecule has 0 bridgehead atoms. The van der Waals surface area contributed by atoms with Crippen LogP contribution in [0.15, 0.2) is 12.4 Å². The highest BCUT2D eigenvalue weighted by molar-refractivity contribution is 5.47. The van der Waals surface area contributed by atoms with Gasteiger partial charge in [0.1, 0.15) is 6.07 Å². The first-order valence-corrected chi connectivity index (χ1v) is 5.46. The van der Waals surface area contributed by atoms with Crippen LogP contribution in [-0.4, -0.2) is 41.0 Å². The van der Waals surface area contributed by atoms with Gasteiger partial charge < -0.3 is 10.2 Å². The van der Waals surface area contributed by atoms with Gasteiger partial charge in [-0.2, -0.15) is 5.26 Å². The third kappa shape index (κ3) is 2.47. The molecule has 1 saturated heterocycles. The molecule has 0 radical (unpaired) electrons. The van der Waals surface area contributed by atoms with Crippen LogP contribution >= 0.6 is 0 Å². The number of nitriles is 1. The Morgan fingerprint density at radius 3 is 2.75 bits per heavy atom. The number of hydrogen-bond acceptors (Lipinski definition) is 5. The van der Waals surface area contributed by atoms with E-state index in [1.54, 1.807) is 12.4 Å². The normalized spacial score (nSPS) is 18.0. The molecule has 1 aliphatic heterocycles. The van der Waals surface area contributed by atoms with Crippen molar-refractivity contribution < 1.29 is 0 Å². The summed E-state index contributed by atoms with van der Waals surface area (Å²) in [5.74, 6) is 0.611. The van der Waals surface area contributed by atoms with Crippen LogP contribution in [0.5, 0.6) is 0 Å². The van der Waals surface area contributed by atoms with E-state index in [0.29, 0.717) is 17.6 Å². The molecule has 5 nitrogen and oxygen atoms in total. The van der Waals surface area contributed by atoms with Crippen LogP contribution in [0.25, 0.3) is 0 Å². The van der Waals surface area contributed by atoms with Gasteiger partial charge in [-0.25, -0.2) is 9.97 Å². The highest BCUT2D eigenvalue weighted by Crippen LogP contribution is 2.15. The van der Waals surface area contributed by atoms with Gasteiger partial charge in [0.05, 0.1) is 0 Å². The summed E-state index contributed by atoms with van der Waals surface area (Å²) in [4.78, 5) is 10.4. The monoisotopic (exact) mass is 217 g/mol. The molecule has 16 heavy (non-hydrogen) atoms. The van der Waals surface area contributed by atoms with E-state index in [1.165, 1.54) is 0 Å². The van der Waals surface area contributed by atoms with Crippen molar-refractivity contribution in [3.8, 4) is 6.07 Å². The number of hydrogen-bond donors (Lipinski definition) is 1. The molecular formula is C11H15N5. The second kappa shape index (κ2) is 4.90. The lowest BCUT2D eigenvalue weighted by atomic mass is 10.1. The van der Waals surface area contributed by atoms with Crippen molar-refractivity contribution >= 4 is 5.82 Å². The fraction of sp³-hybridized carbons (Fsp3) is 0.545. The summed E-state index contributed by atoms with van der Waals surface area (Å²) in [7, 11) is 2.12. The molecule has 0 aliphatic carbocycles. The summed E-state index contributed by atoms with van der Waals surface area (Å²) in [6.07, 6.45) is 5.31. The Labute approximate surface area is 95.1 Å². The average Bonchev–Trinajstić information content (AvgIpc) is 2.33. The lowest BCUT2D eigenvalue weighted by Gasteiger charge is -2.29. The van der Waals surface area contributed by atoms with E-state index in [-0.39, 0.29) is 0 Å². The molecule has 5 heteroatoms. The Balaban J connectivity index is 2.01. The summed E-state index contributed by atoms with van der Waals surface area (Å²) in [5.41, 5.74) is 0.376. The summed E-state index contributed by atoms with van der Waals surface area (Å²) in [5, 5.41) is 12.2. The van der Waals surface area contributed by atoms with Crippen molar-refractivity contribution in [2.24, 2.45) is 0 Å². The maximum atomic E-state index is 8.89. The van der Waals surface area contributed by atoms with Gasteiger partial charge in [-0.05, 0) is 33.0 Å². The fourth-order valence-corrected chi connectivity index (χ4v) is 1.87. The van der Waals surface area contributed by atoms with E-state index in [9.17, 15) is 0 Å². The highest BCUT2D eigenvalue weighted by atomic mass is 15.1. The first-order valence-electron chi connectivity index (χ1n) is 5.46. The maximum Gasteiger partial charge on any atom is 0.182 e. The Morgan fingerprint density at radius 2 is 2.06 bits per heavy atom. The minimum atomic E-state index is 0.376. The Morgan fingerprint density at radius 1 is 1.38 bits per heavy atom. The number of nitrogens with one attached hydrogen (secondary N) is 1. The van der Waals surface area contributed by atoms with Crippen LogP contribution in [0, 0.1) is 11.3 Å². The van der Waals surface area contributed by atoms with Crippen molar-refractivity contribution in [3.05, 3.63) is 18.1 Å². The zero-order chi connectivity index (χ0) is 11.4. The third-order valence-corrected chi connectivity index (χ3v) is 2.86. The Bertz CT molecular complexity index is 390. The largest absolute Gasteiger partial charge is 0.365 e. The lowest BCUT2D eigenvalue weighted by molar-refractivity contribution is 0.263. The Kier molecular flexibility index (Phi) is 3.32. The number of likely N-dealkylation sites (tertiary alicyclic amines) is 1. The molecule has 1 fully saturated rings. The van der Waals surface area contributed by atoms with E-state index in [2.05, 4.69) is 27.2 Å². The molecule has 0 unspecified atom stereocenters. The van der Waals surface area contributed by atoms with Crippen LogP contribution < -0.4 is 5.32 Å². The van der Waals surface area contributed by atoms with Gasteiger partial charge in [0.2, 0.25) is 0 Å². The molecule has 1 aromatic heterocycles. The minimum absolute atomic E-state index is 0.376. The van der Waals surface area contributed by atoms with E-state index in [4.69, 9.17) is 5.26 Å². The van der Waals surface area contributed by atoms with Gasteiger partial charge in [-0.1, -0.05) is 0 Å². The molecular weight excluding hydrogens is 202 g/mol. The average molecular weight is 217 g/mol. The quantitative estimate of drug-likeness (QED) is 0.795. The molecule has 1 aromatic rings. The van der Waals surface area contributed by atoms with Crippen molar-refractivity contribution in [1.29, 1.82) is 5.26 Å². The second-order valence-electron chi connectivity index (χ2n) is 4.09. The molecule has 1 aliphatic rings. The standard InChI is InChI=1S/C11H15N5/c1-16-6-2-9(3-7-16)15-11-10(8-12)13-4-5-14-11/h4-5,9H,2-3,6-7H2,1H3,(H,14,15). The van der Waals surface area contributed by atoms with Gasteiger partial charge in [-0.3, -0.25) is 0 Å². The first kappa shape index (κ1) is 10.8. The van der Waals surface area contributed by atoms with Crippen LogP contribution in [-0.2, 0) is 0 Å². The van der Waals surface area contributed by atoms with Gasteiger partial charge in [0.25, 0.3) is 0 Å². The number of rotatable bonds is 2. The van der Waals surface area contributed by atoms with Crippen molar-refractivity contribution in [2.45, 2.75) is 18.9 Å². The minimum Gasteiger partial charge on any atom is -0.365 e. The molecule has 0 atom stereocenters. The molecule has 1 N–H and O–H groups in total. The number of piperidine rings is 1. The molecule has 0 saturated carbocycles. The summed E-state index contributed by atoms with van der Waals surface area (Å²) in [6, 6.07) is 2.45. The number of anilines is 1. The highest BCUT2D eigenvalue weighted by Gasteiger charge is 2.17. The number of nitrogens with zero attached hydrogens (tertiary/aromatic N) is 4. The van der Waals surface area contributed by atoms with Crippen molar-refractivity contribution in [3.63, 3.8) is 0 Å². The molecule has 0 spiro atoms. The van der Waals surface area contributed by atoms with E-state index in [1.807, 2.05) is 6.07 Å². The third-order valence-electron chi connectivity index (χ3n) is 2.86. The smallest absolute Gasteiger partial charge is 0.182 e. The fourth-order valence-electron chi connectivity index (χ4n) is 1.87. The predicted octanol–water partition coefficient (Wildman–Crippen LogP) is 0.854. The lowest BCUT2D eigenvalue weighted by Crippen LogP contribution is -2.37. The van der Waals surface area contributed by atoms with E-state index in [0.717, 1.165) is 25.9 Å².